The lowest BCUT2D eigenvalue weighted by molar-refractivity contribution is 0.238. The Bertz CT molecular complexity index is 1420. The van der Waals surface area contributed by atoms with E-state index in [0.29, 0.717) is 35.9 Å². The van der Waals surface area contributed by atoms with E-state index in [1.165, 1.54) is 32.1 Å². The summed E-state index contributed by atoms with van der Waals surface area (Å²) in [7, 11) is -3.49. The van der Waals surface area contributed by atoms with Crippen LogP contribution in [-0.2, 0) is 10.0 Å². The molecule has 4 aromatic rings. The first kappa shape index (κ1) is 25.2. The van der Waals surface area contributed by atoms with Gasteiger partial charge in [-0.25, -0.2) is 12.9 Å². The molecule has 0 amide bonds. The zero-order valence-corrected chi connectivity index (χ0v) is 21.9. The minimum atomic E-state index is -3.49. The predicted octanol–water partition coefficient (Wildman–Crippen LogP) is 4.18. The SMILES string of the molecule is CCCCCS(=O)(=O)n1cc(-c2cccc3nc(Nc4ccc(OCCN5CCCC5)cc4)nn23)cn1. The number of hydrogen-bond acceptors (Lipinski definition) is 8. The van der Waals surface area contributed by atoms with E-state index >= 15 is 0 Å². The number of anilines is 2. The number of ether oxygens (including phenoxy) is 1. The second kappa shape index (κ2) is 11.3. The number of likely N-dealkylation sites (tertiary alicyclic amines) is 1. The molecule has 37 heavy (non-hydrogen) atoms. The van der Waals surface area contributed by atoms with Crippen LogP contribution in [0.2, 0.25) is 0 Å². The molecule has 1 N–H and O–H groups in total. The van der Waals surface area contributed by atoms with Crippen molar-refractivity contribution in [2.24, 2.45) is 0 Å². The van der Waals surface area contributed by atoms with Crippen LogP contribution in [0.4, 0.5) is 11.6 Å². The number of unbranched alkanes of at least 4 members (excludes halogenated alkanes) is 2. The summed E-state index contributed by atoms with van der Waals surface area (Å²) in [6.45, 7) is 6.01. The van der Waals surface area contributed by atoms with Crippen LogP contribution in [0.25, 0.3) is 16.9 Å². The maximum Gasteiger partial charge on any atom is 0.253 e. The number of nitrogens with one attached hydrogen (secondary N) is 1. The van der Waals surface area contributed by atoms with Gasteiger partial charge >= 0.3 is 0 Å². The van der Waals surface area contributed by atoms with Crippen LogP contribution in [0, 0.1) is 0 Å². The fourth-order valence-electron chi connectivity index (χ4n) is 4.46. The monoisotopic (exact) mass is 523 g/mol. The summed E-state index contributed by atoms with van der Waals surface area (Å²) >= 11 is 0. The molecular weight excluding hydrogens is 490 g/mol. The molecule has 0 atom stereocenters. The molecule has 0 saturated carbocycles. The third kappa shape index (κ3) is 6.11. The van der Waals surface area contributed by atoms with Crippen LogP contribution in [0.3, 0.4) is 0 Å². The van der Waals surface area contributed by atoms with Gasteiger partial charge in [0, 0.05) is 17.8 Å². The van der Waals surface area contributed by atoms with Crippen molar-refractivity contribution in [2.75, 3.05) is 37.3 Å². The van der Waals surface area contributed by atoms with E-state index in [9.17, 15) is 8.42 Å². The molecule has 1 aromatic carbocycles. The first-order chi connectivity index (χ1) is 18.0. The topological polar surface area (TPSA) is 107 Å². The highest BCUT2D eigenvalue weighted by Crippen LogP contribution is 2.23. The van der Waals surface area contributed by atoms with Crippen molar-refractivity contribution in [3.63, 3.8) is 0 Å². The first-order valence-electron chi connectivity index (χ1n) is 12.9. The minimum absolute atomic E-state index is 0.0752. The normalized spacial score (nSPS) is 14.4. The summed E-state index contributed by atoms with van der Waals surface area (Å²) in [6.07, 6.45) is 8.09. The standard InChI is InChI=1S/C26H33N7O3S/c1-2-3-6-18-37(34,35)32-20-21(19-27-32)24-8-7-9-25-29-26(30-33(24)25)28-22-10-12-23(13-11-22)36-17-16-31-14-4-5-15-31/h7-13,19-20H,2-6,14-18H2,1H3,(H,28,30). The Hall–Kier alpha value is -3.44. The summed E-state index contributed by atoms with van der Waals surface area (Å²) < 4.78 is 33.8. The summed E-state index contributed by atoms with van der Waals surface area (Å²) in [5.41, 5.74) is 2.84. The molecule has 11 heteroatoms. The molecule has 4 heterocycles. The number of pyridine rings is 1. The zero-order valence-electron chi connectivity index (χ0n) is 21.1. The Labute approximate surface area is 217 Å². The van der Waals surface area contributed by atoms with Crippen molar-refractivity contribution in [3.8, 4) is 17.0 Å². The Morgan fingerprint density at radius 2 is 1.86 bits per heavy atom. The third-order valence-corrected chi connectivity index (χ3v) is 8.07. The number of rotatable bonds is 12. The average Bonchev–Trinajstić information content (AvgIpc) is 3.66. The Morgan fingerprint density at radius 1 is 1.05 bits per heavy atom. The summed E-state index contributed by atoms with van der Waals surface area (Å²) in [4.78, 5) is 7.00. The van der Waals surface area contributed by atoms with Crippen LogP contribution >= 0.6 is 0 Å². The molecule has 1 aliphatic rings. The predicted molar refractivity (Wildman–Crippen MR) is 144 cm³/mol. The van der Waals surface area contributed by atoms with E-state index in [1.807, 2.05) is 49.4 Å². The Kier molecular flexibility index (Phi) is 7.71. The molecule has 0 bridgehead atoms. The molecule has 0 radical (unpaired) electrons. The van der Waals surface area contributed by atoms with Crippen LogP contribution in [0.1, 0.15) is 39.0 Å². The van der Waals surface area contributed by atoms with Crippen molar-refractivity contribution in [1.29, 1.82) is 0 Å². The highest BCUT2D eigenvalue weighted by molar-refractivity contribution is 7.89. The fourth-order valence-corrected chi connectivity index (χ4v) is 5.68. The maximum absolute atomic E-state index is 12.6. The van der Waals surface area contributed by atoms with Gasteiger partial charge in [0.05, 0.1) is 23.8 Å². The van der Waals surface area contributed by atoms with Crippen LogP contribution < -0.4 is 10.1 Å². The van der Waals surface area contributed by atoms with Gasteiger partial charge in [-0.1, -0.05) is 25.8 Å². The van der Waals surface area contributed by atoms with E-state index in [-0.39, 0.29) is 5.75 Å². The fraction of sp³-hybridized carbons (Fsp3) is 0.423. The summed E-state index contributed by atoms with van der Waals surface area (Å²) in [5, 5.41) is 12.0. The van der Waals surface area contributed by atoms with Gasteiger partial charge in [0.1, 0.15) is 12.4 Å². The molecule has 0 spiro atoms. The quantitative estimate of drug-likeness (QED) is 0.276. The van der Waals surface area contributed by atoms with Gasteiger partial charge in [0.15, 0.2) is 5.65 Å². The van der Waals surface area contributed by atoms with E-state index in [2.05, 4.69) is 25.4 Å². The Balaban J connectivity index is 1.26. The molecule has 10 nitrogen and oxygen atoms in total. The van der Waals surface area contributed by atoms with Crippen molar-refractivity contribution in [1.82, 2.24) is 28.7 Å². The smallest absolute Gasteiger partial charge is 0.253 e. The second-order valence-corrected chi connectivity index (χ2v) is 11.2. The van der Waals surface area contributed by atoms with Gasteiger partial charge in [-0.05, 0) is 68.8 Å². The van der Waals surface area contributed by atoms with Crippen LogP contribution in [0.15, 0.2) is 54.9 Å². The van der Waals surface area contributed by atoms with Crippen molar-refractivity contribution in [2.45, 2.75) is 39.0 Å². The average molecular weight is 524 g/mol. The van der Waals surface area contributed by atoms with E-state index in [0.717, 1.165) is 34.9 Å². The van der Waals surface area contributed by atoms with E-state index in [4.69, 9.17) is 4.74 Å². The number of fused-ring (bicyclic) bond motifs is 1. The third-order valence-electron chi connectivity index (χ3n) is 6.49. The maximum atomic E-state index is 12.6. The van der Waals surface area contributed by atoms with Gasteiger partial charge in [-0.2, -0.15) is 14.2 Å². The molecular formula is C26H33N7O3S. The molecule has 0 unspecified atom stereocenters. The lowest BCUT2D eigenvalue weighted by atomic mass is 10.2. The Morgan fingerprint density at radius 3 is 2.65 bits per heavy atom. The number of benzene rings is 1. The van der Waals surface area contributed by atoms with Crippen molar-refractivity contribution >= 4 is 27.3 Å². The van der Waals surface area contributed by atoms with Gasteiger partial charge in [-0.3, -0.25) is 4.90 Å². The zero-order chi connectivity index (χ0) is 25.7. The lowest BCUT2D eigenvalue weighted by Gasteiger charge is -2.15. The first-order valence-corrected chi connectivity index (χ1v) is 14.5. The van der Waals surface area contributed by atoms with Crippen LogP contribution in [-0.4, -0.2) is 69.1 Å². The largest absolute Gasteiger partial charge is 0.492 e. The summed E-state index contributed by atoms with van der Waals surface area (Å²) in [6, 6.07) is 13.3. The van der Waals surface area contributed by atoms with Gasteiger partial charge in [-0.15, -0.1) is 5.10 Å². The molecule has 196 valence electrons. The highest BCUT2D eigenvalue weighted by Gasteiger charge is 2.17. The molecule has 1 aliphatic heterocycles. The van der Waals surface area contributed by atoms with E-state index in [1.54, 1.807) is 10.7 Å². The number of nitrogens with zero attached hydrogens (tertiary/aromatic N) is 6. The van der Waals surface area contributed by atoms with Crippen molar-refractivity contribution < 1.29 is 13.2 Å². The number of aromatic nitrogens is 5. The summed E-state index contributed by atoms with van der Waals surface area (Å²) in [5.74, 6) is 1.35. The highest BCUT2D eigenvalue weighted by atomic mass is 32.2. The minimum Gasteiger partial charge on any atom is -0.492 e. The van der Waals surface area contributed by atoms with E-state index < -0.39 is 10.0 Å². The van der Waals surface area contributed by atoms with Crippen molar-refractivity contribution in [3.05, 3.63) is 54.9 Å². The van der Waals surface area contributed by atoms with Gasteiger partial charge in [0.25, 0.3) is 10.0 Å². The molecule has 5 rings (SSSR count). The van der Waals surface area contributed by atoms with Crippen LogP contribution in [0.5, 0.6) is 5.75 Å². The van der Waals surface area contributed by atoms with Gasteiger partial charge < -0.3 is 10.1 Å². The van der Waals surface area contributed by atoms with Gasteiger partial charge in [0.2, 0.25) is 5.95 Å². The molecule has 0 aliphatic carbocycles. The second-order valence-electron chi connectivity index (χ2n) is 9.29. The molecule has 1 saturated heterocycles. The molecule has 3 aromatic heterocycles. The number of hydrogen-bond donors (Lipinski definition) is 1. The molecule has 1 fully saturated rings. The lowest BCUT2D eigenvalue weighted by Crippen LogP contribution is -2.25.